The number of rotatable bonds is 6. The Bertz CT molecular complexity index is 993. The zero-order valence-electron chi connectivity index (χ0n) is 16.7. The van der Waals surface area contributed by atoms with Gasteiger partial charge in [-0.15, -0.1) is 0 Å². The first-order valence-electron chi connectivity index (χ1n) is 9.50. The van der Waals surface area contributed by atoms with Crippen molar-refractivity contribution in [2.45, 2.75) is 18.4 Å². The quantitative estimate of drug-likeness (QED) is 0.577. The number of amides is 1. The molecule has 0 bridgehead atoms. The Morgan fingerprint density at radius 3 is 1.97 bits per heavy atom. The van der Waals surface area contributed by atoms with Gasteiger partial charge in [0.05, 0.1) is 12.0 Å². The minimum absolute atomic E-state index is 0. The second-order valence-corrected chi connectivity index (χ2v) is 7.03. The number of carboxylic acid groups (broad SMARTS) is 1. The summed E-state index contributed by atoms with van der Waals surface area (Å²) >= 11 is 0. The van der Waals surface area contributed by atoms with Crippen molar-refractivity contribution in [2.24, 2.45) is 0 Å². The van der Waals surface area contributed by atoms with Gasteiger partial charge < -0.3 is 20.0 Å². The third-order valence-electron chi connectivity index (χ3n) is 5.20. The van der Waals surface area contributed by atoms with Crippen LogP contribution in [0.15, 0.2) is 78.9 Å². The average Bonchev–Trinajstić information content (AvgIpc) is 3.06. The van der Waals surface area contributed by atoms with Crippen LogP contribution in [0.4, 0.5) is 4.79 Å². The molecule has 30 heavy (non-hydrogen) atoms. The standard InChI is InChI=1S/C24H21NO4.Na/c26-23(27)22(14-16-8-2-1-3-9-16)25-24(28)29-15-21-19-12-6-4-10-17(19)18-11-5-7-13-20(18)21;/h1-13,21-22H,14-15H2,(H,25,28)(H,26,27);/q;+1/p-1/t22-;/m0./s1. The van der Waals surface area contributed by atoms with Gasteiger partial charge in [0.2, 0.25) is 0 Å². The molecule has 146 valence electrons. The first kappa shape index (κ1) is 22.1. The van der Waals surface area contributed by atoms with Gasteiger partial charge in [-0.3, -0.25) is 0 Å². The van der Waals surface area contributed by atoms with Crippen LogP contribution >= 0.6 is 0 Å². The monoisotopic (exact) mass is 409 g/mol. The van der Waals surface area contributed by atoms with Gasteiger partial charge >= 0.3 is 35.7 Å². The van der Waals surface area contributed by atoms with Crippen molar-refractivity contribution < 1.29 is 49.0 Å². The maximum atomic E-state index is 12.3. The number of fused-ring (bicyclic) bond motifs is 3. The third-order valence-corrected chi connectivity index (χ3v) is 5.20. The normalized spacial score (nSPS) is 12.8. The molecule has 1 amide bonds. The van der Waals surface area contributed by atoms with Crippen molar-refractivity contribution in [3.63, 3.8) is 0 Å². The molecule has 4 rings (SSSR count). The average molecular weight is 409 g/mol. The van der Waals surface area contributed by atoms with Crippen LogP contribution in [0.25, 0.3) is 11.1 Å². The van der Waals surface area contributed by atoms with E-state index in [1.165, 1.54) is 0 Å². The van der Waals surface area contributed by atoms with Crippen LogP contribution in [0, 0.1) is 0 Å². The Morgan fingerprint density at radius 1 is 0.867 bits per heavy atom. The molecule has 6 heteroatoms. The van der Waals surface area contributed by atoms with Gasteiger partial charge in [0.15, 0.2) is 0 Å². The number of carboxylic acids is 1. The molecule has 3 aromatic rings. The van der Waals surface area contributed by atoms with Gasteiger partial charge in [-0.2, -0.15) is 0 Å². The minimum atomic E-state index is -1.35. The van der Waals surface area contributed by atoms with Crippen LogP contribution < -0.4 is 40.0 Å². The summed E-state index contributed by atoms with van der Waals surface area (Å²) in [7, 11) is 0. The van der Waals surface area contributed by atoms with Crippen molar-refractivity contribution in [3.05, 3.63) is 95.6 Å². The number of aliphatic carboxylic acids is 1. The van der Waals surface area contributed by atoms with Crippen LogP contribution in [-0.2, 0) is 16.0 Å². The molecule has 0 saturated carbocycles. The van der Waals surface area contributed by atoms with Crippen molar-refractivity contribution in [3.8, 4) is 11.1 Å². The van der Waals surface area contributed by atoms with Gasteiger partial charge in [0.25, 0.3) is 0 Å². The molecule has 0 aromatic heterocycles. The van der Waals surface area contributed by atoms with Crippen LogP contribution in [0.1, 0.15) is 22.6 Å². The molecular formula is C24H20NNaO4. The van der Waals surface area contributed by atoms with Crippen LogP contribution in [0.5, 0.6) is 0 Å². The van der Waals surface area contributed by atoms with Crippen molar-refractivity contribution in [1.82, 2.24) is 5.32 Å². The number of hydrogen-bond donors (Lipinski definition) is 1. The van der Waals surface area contributed by atoms with E-state index in [2.05, 4.69) is 17.4 Å². The third kappa shape index (κ3) is 4.75. The fraction of sp³-hybridized carbons (Fsp3) is 0.167. The summed E-state index contributed by atoms with van der Waals surface area (Å²) in [6, 6.07) is 24.0. The molecule has 0 fully saturated rings. The Kier molecular flexibility index (Phi) is 7.32. The fourth-order valence-corrected chi connectivity index (χ4v) is 3.83. The van der Waals surface area contributed by atoms with Crippen molar-refractivity contribution >= 4 is 12.1 Å². The van der Waals surface area contributed by atoms with E-state index in [1.54, 1.807) is 12.1 Å². The summed E-state index contributed by atoms with van der Waals surface area (Å²) in [6.45, 7) is 0.130. The molecule has 0 unspecified atom stereocenters. The molecule has 1 aliphatic rings. The summed E-state index contributed by atoms with van der Waals surface area (Å²) in [5.41, 5.74) is 5.26. The molecule has 5 nitrogen and oxygen atoms in total. The summed E-state index contributed by atoms with van der Waals surface area (Å²) in [6.07, 6.45) is -0.634. The van der Waals surface area contributed by atoms with Crippen LogP contribution in [0.2, 0.25) is 0 Å². The van der Waals surface area contributed by atoms with Gasteiger partial charge in [-0.25, -0.2) is 4.79 Å². The first-order chi connectivity index (χ1) is 14.1. The molecule has 1 atom stereocenters. The molecule has 0 spiro atoms. The zero-order chi connectivity index (χ0) is 20.2. The summed E-state index contributed by atoms with van der Waals surface area (Å²) < 4.78 is 5.42. The van der Waals surface area contributed by atoms with E-state index in [0.717, 1.165) is 27.8 Å². The maximum Gasteiger partial charge on any atom is 1.00 e. The smallest absolute Gasteiger partial charge is 0.548 e. The van der Waals surface area contributed by atoms with Gasteiger partial charge in [-0.1, -0.05) is 78.9 Å². The topological polar surface area (TPSA) is 78.5 Å². The number of nitrogens with one attached hydrogen (secondary N) is 1. The number of alkyl carbamates (subject to hydrolysis) is 1. The van der Waals surface area contributed by atoms with Crippen molar-refractivity contribution in [1.29, 1.82) is 0 Å². The maximum absolute atomic E-state index is 12.3. The number of benzene rings is 3. The van der Waals surface area contributed by atoms with E-state index in [-0.39, 0.29) is 48.5 Å². The predicted molar refractivity (Wildman–Crippen MR) is 107 cm³/mol. The van der Waals surface area contributed by atoms with Gasteiger partial charge in [0, 0.05) is 5.92 Å². The Labute approximate surface area is 197 Å². The second kappa shape index (κ2) is 9.94. The largest absolute Gasteiger partial charge is 1.00 e. The van der Waals surface area contributed by atoms with Gasteiger partial charge in [0.1, 0.15) is 6.61 Å². The zero-order valence-corrected chi connectivity index (χ0v) is 18.7. The molecule has 1 aliphatic carbocycles. The predicted octanol–water partition coefficient (Wildman–Crippen LogP) is -0.110. The number of ether oxygens (including phenoxy) is 1. The van der Waals surface area contributed by atoms with Crippen LogP contribution in [-0.4, -0.2) is 24.7 Å². The molecule has 3 aromatic carbocycles. The Hall–Kier alpha value is -2.60. The van der Waals surface area contributed by atoms with E-state index < -0.39 is 18.1 Å². The SMILES string of the molecule is O=C(N[C@@H](Cc1ccccc1)C(=O)[O-])OCC1c2ccccc2-c2ccccc21.[Na+]. The minimum Gasteiger partial charge on any atom is -0.548 e. The van der Waals surface area contributed by atoms with Crippen LogP contribution in [0.3, 0.4) is 0 Å². The van der Waals surface area contributed by atoms with E-state index in [0.29, 0.717) is 0 Å². The summed E-state index contributed by atoms with van der Waals surface area (Å²) in [5.74, 6) is -1.42. The molecule has 1 N–H and O–H groups in total. The molecule has 0 radical (unpaired) electrons. The van der Waals surface area contributed by atoms with E-state index in [4.69, 9.17) is 4.74 Å². The van der Waals surface area contributed by atoms with E-state index in [9.17, 15) is 14.7 Å². The number of carbonyl (C=O) groups is 2. The second-order valence-electron chi connectivity index (χ2n) is 7.03. The Balaban J connectivity index is 0.00000256. The fourth-order valence-electron chi connectivity index (χ4n) is 3.83. The summed E-state index contributed by atoms with van der Waals surface area (Å²) in [4.78, 5) is 23.8. The number of carbonyl (C=O) groups excluding carboxylic acids is 2. The first-order valence-corrected chi connectivity index (χ1v) is 9.50. The molecule has 0 heterocycles. The summed E-state index contributed by atoms with van der Waals surface area (Å²) in [5, 5.41) is 13.9. The molecule has 0 aliphatic heterocycles. The van der Waals surface area contributed by atoms with E-state index in [1.807, 2.05) is 54.6 Å². The molecular weight excluding hydrogens is 389 g/mol. The van der Waals surface area contributed by atoms with Crippen molar-refractivity contribution in [2.75, 3.05) is 6.61 Å². The molecule has 0 saturated heterocycles. The Morgan fingerprint density at radius 2 is 1.40 bits per heavy atom. The van der Waals surface area contributed by atoms with E-state index >= 15 is 0 Å². The number of hydrogen-bond acceptors (Lipinski definition) is 4. The van der Waals surface area contributed by atoms with Gasteiger partial charge in [-0.05, 0) is 34.2 Å².